The quantitative estimate of drug-likeness (QED) is 0.792. The molecule has 3 N–H and O–H groups in total. The van der Waals surface area contributed by atoms with Gasteiger partial charge in [0.1, 0.15) is 10.8 Å². The lowest BCUT2D eigenvalue weighted by Gasteiger charge is -2.13. The van der Waals surface area contributed by atoms with Gasteiger partial charge in [0.15, 0.2) is 9.84 Å². The molecule has 1 unspecified atom stereocenters. The Bertz CT molecular complexity index is 584. The van der Waals surface area contributed by atoms with Gasteiger partial charge in [-0.3, -0.25) is 0 Å². The number of aromatic nitrogens is 1. The number of pyridine rings is 1. The fourth-order valence-corrected chi connectivity index (χ4v) is 3.79. The minimum absolute atomic E-state index is 0.0801. The Balaban J connectivity index is 2.17. The summed E-state index contributed by atoms with van der Waals surface area (Å²) in [5, 5.41) is 3.13. The maximum atomic E-state index is 11.4. The summed E-state index contributed by atoms with van der Waals surface area (Å²) < 4.78 is 22.7. The normalized spacial score (nSPS) is 21.7. The third-order valence-corrected chi connectivity index (χ3v) is 4.83. The van der Waals surface area contributed by atoms with Crippen molar-refractivity contribution in [1.82, 2.24) is 4.98 Å². The predicted octanol–water partition coefficient (Wildman–Crippen LogP) is 0.623. The van der Waals surface area contributed by atoms with Crippen molar-refractivity contribution in [2.45, 2.75) is 19.4 Å². The van der Waals surface area contributed by atoms with Crippen LogP contribution in [0.2, 0.25) is 0 Å². The van der Waals surface area contributed by atoms with Crippen molar-refractivity contribution in [3.05, 3.63) is 23.4 Å². The molecule has 0 bridgehead atoms. The predicted molar refractivity (Wildman–Crippen MR) is 75.5 cm³/mol. The van der Waals surface area contributed by atoms with Gasteiger partial charge in [0.2, 0.25) is 0 Å². The van der Waals surface area contributed by atoms with Gasteiger partial charge in [-0.1, -0.05) is 12.2 Å². The van der Waals surface area contributed by atoms with Crippen molar-refractivity contribution < 1.29 is 8.42 Å². The standard InChI is InChI=1S/C11H15N3O2S2/c1-7-4-8(11(12)17)5-10(13-7)14-9-2-3-18(15,16)6-9/h4-5,9H,2-3,6H2,1H3,(H2,12,17)(H,13,14). The zero-order valence-corrected chi connectivity index (χ0v) is 11.6. The van der Waals surface area contributed by atoms with Gasteiger partial charge in [0.05, 0.1) is 11.5 Å². The summed E-state index contributed by atoms with van der Waals surface area (Å²) in [6.45, 7) is 1.85. The maximum Gasteiger partial charge on any atom is 0.152 e. The Kier molecular flexibility index (Phi) is 3.54. The SMILES string of the molecule is Cc1cc(C(N)=S)cc(NC2CCS(=O)(=O)C2)n1. The van der Waals surface area contributed by atoms with Crippen LogP contribution in [-0.4, -0.2) is 35.9 Å². The van der Waals surface area contributed by atoms with Crippen molar-refractivity contribution in [3.63, 3.8) is 0 Å². The van der Waals surface area contributed by atoms with Crippen molar-refractivity contribution >= 4 is 32.9 Å². The molecule has 0 saturated carbocycles. The van der Waals surface area contributed by atoms with Gasteiger partial charge in [0.25, 0.3) is 0 Å². The van der Waals surface area contributed by atoms with Crippen LogP contribution >= 0.6 is 12.2 Å². The number of thiocarbonyl (C=S) groups is 1. The third kappa shape index (κ3) is 3.17. The molecule has 5 nitrogen and oxygen atoms in total. The second kappa shape index (κ2) is 4.81. The van der Waals surface area contributed by atoms with E-state index in [2.05, 4.69) is 10.3 Å². The van der Waals surface area contributed by atoms with Crippen molar-refractivity contribution in [1.29, 1.82) is 0 Å². The van der Waals surface area contributed by atoms with Gasteiger partial charge in [-0.15, -0.1) is 0 Å². The molecule has 0 aromatic carbocycles. The molecule has 0 spiro atoms. The minimum atomic E-state index is -2.89. The highest BCUT2D eigenvalue weighted by atomic mass is 32.2. The van der Waals surface area contributed by atoms with E-state index in [4.69, 9.17) is 18.0 Å². The molecule has 1 aromatic heterocycles. The first-order valence-corrected chi connectivity index (χ1v) is 7.84. The number of nitrogens with two attached hydrogens (primary N) is 1. The molecule has 0 radical (unpaired) electrons. The number of hydrogen-bond donors (Lipinski definition) is 2. The van der Waals surface area contributed by atoms with Crippen molar-refractivity contribution in [3.8, 4) is 0 Å². The molecule has 0 amide bonds. The summed E-state index contributed by atoms with van der Waals surface area (Å²) in [7, 11) is -2.89. The molecule has 1 fully saturated rings. The maximum absolute atomic E-state index is 11.4. The molecular formula is C11H15N3O2S2. The fourth-order valence-electron chi connectivity index (χ4n) is 2.00. The Morgan fingerprint density at radius 3 is 2.83 bits per heavy atom. The van der Waals surface area contributed by atoms with Gasteiger partial charge < -0.3 is 11.1 Å². The number of hydrogen-bond acceptors (Lipinski definition) is 5. The number of nitrogens with zero attached hydrogens (tertiary/aromatic N) is 1. The summed E-state index contributed by atoms with van der Waals surface area (Å²) in [6, 6.07) is 3.47. The zero-order chi connectivity index (χ0) is 13.3. The van der Waals surface area contributed by atoms with Gasteiger partial charge in [-0.2, -0.15) is 0 Å². The van der Waals surface area contributed by atoms with E-state index in [0.717, 1.165) is 11.3 Å². The molecular weight excluding hydrogens is 270 g/mol. The zero-order valence-electron chi connectivity index (χ0n) is 10.0. The topological polar surface area (TPSA) is 85.1 Å². The van der Waals surface area contributed by atoms with Crippen LogP contribution in [-0.2, 0) is 9.84 Å². The van der Waals surface area contributed by atoms with E-state index in [9.17, 15) is 8.42 Å². The smallest absolute Gasteiger partial charge is 0.152 e. The van der Waals surface area contributed by atoms with Crippen LogP contribution in [0.4, 0.5) is 5.82 Å². The van der Waals surface area contributed by atoms with Crippen LogP contribution in [0.15, 0.2) is 12.1 Å². The van der Waals surface area contributed by atoms with Crippen molar-refractivity contribution in [2.24, 2.45) is 5.73 Å². The molecule has 1 aliphatic rings. The van der Waals surface area contributed by atoms with Crippen molar-refractivity contribution in [2.75, 3.05) is 16.8 Å². The van der Waals surface area contributed by atoms with Gasteiger partial charge in [-0.25, -0.2) is 13.4 Å². The average Bonchev–Trinajstić information content (AvgIpc) is 2.57. The van der Waals surface area contributed by atoms with E-state index in [0.29, 0.717) is 17.2 Å². The fraction of sp³-hybridized carbons (Fsp3) is 0.455. The third-order valence-electron chi connectivity index (χ3n) is 2.82. The number of nitrogens with one attached hydrogen (secondary N) is 1. The lowest BCUT2D eigenvalue weighted by molar-refractivity contribution is 0.602. The Hall–Kier alpha value is -1.21. The van der Waals surface area contributed by atoms with Crippen LogP contribution in [0.1, 0.15) is 17.7 Å². The number of rotatable bonds is 3. The van der Waals surface area contributed by atoms with E-state index in [1.807, 2.05) is 6.92 Å². The van der Waals surface area contributed by atoms with E-state index in [-0.39, 0.29) is 17.5 Å². The summed E-state index contributed by atoms with van der Waals surface area (Å²) in [5.41, 5.74) is 7.11. The first-order chi connectivity index (χ1) is 8.35. The summed E-state index contributed by atoms with van der Waals surface area (Å²) in [6.07, 6.45) is 0.611. The highest BCUT2D eigenvalue weighted by Gasteiger charge is 2.27. The molecule has 1 saturated heterocycles. The monoisotopic (exact) mass is 285 g/mol. The second-order valence-corrected chi connectivity index (χ2v) is 7.16. The molecule has 2 rings (SSSR count). The van der Waals surface area contributed by atoms with Crippen LogP contribution in [0.3, 0.4) is 0 Å². The molecule has 18 heavy (non-hydrogen) atoms. The summed E-state index contributed by atoms with van der Waals surface area (Å²) in [5.74, 6) is 1.02. The highest BCUT2D eigenvalue weighted by molar-refractivity contribution is 7.91. The average molecular weight is 285 g/mol. The Morgan fingerprint density at radius 2 is 2.28 bits per heavy atom. The molecule has 0 aliphatic carbocycles. The molecule has 1 aromatic rings. The molecule has 98 valence electrons. The van der Waals surface area contributed by atoms with Gasteiger partial charge in [0, 0.05) is 17.3 Å². The van der Waals surface area contributed by atoms with E-state index in [1.54, 1.807) is 12.1 Å². The number of sulfone groups is 1. The van der Waals surface area contributed by atoms with Crippen LogP contribution < -0.4 is 11.1 Å². The lowest BCUT2D eigenvalue weighted by Crippen LogP contribution is -2.22. The first-order valence-electron chi connectivity index (χ1n) is 5.61. The van der Waals surface area contributed by atoms with Crippen LogP contribution in [0.5, 0.6) is 0 Å². The van der Waals surface area contributed by atoms with Crippen LogP contribution in [0, 0.1) is 6.92 Å². The highest BCUT2D eigenvalue weighted by Crippen LogP contribution is 2.17. The van der Waals surface area contributed by atoms with E-state index < -0.39 is 9.84 Å². The summed E-state index contributed by atoms with van der Waals surface area (Å²) in [4.78, 5) is 4.61. The Labute approximate surface area is 112 Å². The molecule has 7 heteroatoms. The lowest BCUT2D eigenvalue weighted by atomic mass is 10.2. The number of anilines is 1. The van der Waals surface area contributed by atoms with E-state index in [1.165, 1.54) is 0 Å². The van der Waals surface area contributed by atoms with E-state index >= 15 is 0 Å². The largest absolute Gasteiger partial charge is 0.389 e. The minimum Gasteiger partial charge on any atom is -0.389 e. The molecule has 1 atom stereocenters. The summed E-state index contributed by atoms with van der Waals surface area (Å²) >= 11 is 4.93. The Morgan fingerprint density at radius 1 is 1.56 bits per heavy atom. The number of aryl methyl sites for hydroxylation is 1. The van der Waals surface area contributed by atoms with Gasteiger partial charge in [-0.05, 0) is 25.5 Å². The van der Waals surface area contributed by atoms with Gasteiger partial charge >= 0.3 is 0 Å². The molecule has 1 aliphatic heterocycles. The second-order valence-electron chi connectivity index (χ2n) is 4.49. The first kappa shape index (κ1) is 13.2. The van der Waals surface area contributed by atoms with Crippen LogP contribution in [0.25, 0.3) is 0 Å². The molecule has 2 heterocycles.